The lowest BCUT2D eigenvalue weighted by Crippen LogP contribution is -1.89. The molecule has 0 fully saturated rings. The monoisotopic (exact) mass is 251 g/mol. The van der Waals surface area contributed by atoms with Crippen LogP contribution in [0.3, 0.4) is 0 Å². The van der Waals surface area contributed by atoms with Gasteiger partial charge in [0.25, 0.3) is 0 Å². The highest BCUT2D eigenvalue weighted by Crippen LogP contribution is 2.30. The van der Waals surface area contributed by atoms with E-state index >= 15 is 0 Å². The highest BCUT2D eigenvalue weighted by Gasteiger charge is 2.13. The number of benzene rings is 2. The molecule has 2 heteroatoms. The van der Waals surface area contributed by atoms with Gasteiger partial charge in [0.05, 0.1) is 0 Å². The summed E-state index contributed by atoms with van der Waals surface area (Å²) in [5.74, 6) is 0.718. The second-order valence-corrected chi connectivity index (χ2v) is 5.26. The van der Waals surface area contributed by atoms with Crippen molar-refractivity contribution >= 4 is 11.1 Å². The van der Waals surface area contributed by atoms with E-state index in [4.69, 9.17) is 4.42 Å². The van der Waals surface area contributed by atoms with Crippen LogP contribution in [-0.4, -0.2) is 4.98 Å². The molecular formula is C17H17NO. The topological polar surface area (TPSA) is 26.0 Å². The third-order valence-electron chi connectivity index (χ3n) is 3.43. The van der Waals surface area contributed by atoms with E-state index in [1.165, 1.54) is 22.3 Å². The van der Waals surface area contributed by atoms with Crippen molar-refractivity contribution in [2.75, 3.05) is 0 Å². The highest BCUT2D eigenvalue weighted by molar-refractivity contribution is 5.78. The van der Waals surface area contributed by atoms with Gasteiger partial charge in [-0.3, -0.25) is 0 Å². The van der Waals surface area contributed by atoms with Crippen LogP contribution in [-0.2, 0) is 0 Å². The molecule has 0 unspecified atom stereocenters. The van der Waals surface area contributed by atoms with Crippen molar-refractivity contribution in [1.29, 1.82) is 0 Å². The van der Waals surface area contributed by atoms with Crippen LogP contribution in [0, 0.1) is 27.7 Å². The average molecular weight is 251 g/mol. The molecule has 0 saturated carbocycles. The molecule has 0 aliphatic heterocycles. The first-order chi connectivity index (χ1) is 9.04. The SMILES string of the molecule is Cc1cc(C)c(-c2nc3cc(C)ccc3o2)c(C)c1. The lowest BCUT2D eigenvalue weighted by atomic mass is 10.00. The maximum absolute atomic E-state index is 5.90. The number of nitrogens with zero attached hydrogens (tertiary/aromatic N) is 1. The summed E-state index contributed by atoms with van der Waals surface area (Å²) in [7, 11) is 0. The minimum atomic E-state index is 0.718. The first kappa shape index (κ1) is 12.0. The van der Waals surface area contributed by atoms with Gasteiger partial charge in [-0.1, -0.05) is 23.8 Å². The van der Waals surface area contributed by atoms with Gasteiger partial charge in [0.1, 0.15) is 5.52 Å². The number of hydrogen-bond acceptors (Lipinski definition) is 2. The number of oxazole rings is 1. The molecule has 0 spiro atoms. The molecule has 0 N–H and O–H groups in total. The third-order valence-corrected chi connectivity index (χ3v) is 3.43. The van der Waals surface area contributed by atoms with E-state index in [0.717, 1.165) is 22.6 Å². The maximum Gasteiger partial charge on any atom is 0.227 e. The highest BCUT2D eigenvalue weighted by atomic mass is 16.3. The van der Waals surface area contributed by atoms with E-state index in [1.807, 2.05) is 12.1 Å². The van der Waals surface area contributed by atoms with Crippen LogP contribution in [0.1, 0.15) is 22.3 Å². The summed E-state index contributed by atoms with van der Waals surface area (Å²) in [6, 6.07) is 10.4. The zero-order valence-electron chi connectivity index (χ0n) is 11.7. The predicted molar refractivity (Wildman–Crippen MR) is 78.4 cm³/mol. The molecule has 3 aromatic rings. The fraction of sp³-hybridized carbons (Fsp3) is 0.235. The lowest BCUT2D eigenvalue weighted by Gasteiger charge is -2.07. The Bertz CT molecular complexity index is 745. The van der Waals surface area contributed by atoms with Gasteiger partial charge in [-0.25, -0.2) is 4.98 Å². The molecule has 1 heterocycles. The van der Waals surface area contributed by atoms with Gasteiger partial charge in [-0.2, -0.15) is 0 Å². The summed E-state index contributed by atoms with van der Waals surface area (Å²) in [4.78, 5) is 4.63. The molecule has 0 saturated heterocycles. The van der Waals surface area contributed by atoms with E-state index in [1.54, 1.807) is 0 Å². The number of fused-ring (bicyclic) bond motifs is 1. The average Bonchev–Trinajstić information content (AvgIpc) is 2.69. The van der Waals surface area contributed by atoms with Crippen LogP contribution in [0.4, 0.5) is 0 Å². The minimum absolute atomic E-state index is 0.718. The van der Waals surface area contributed by atoms with Crippen LogP contribution in [0.2, 0.25) is 0 Å². The van der Waals surface area contributed by atoms with Crippen molar-refractivity contribution in [2.45, 2.75) is 27.7 Å². The first-order valence-corrected chi connectivity index (χ1v) is 6.50. The molecule has 0 amide bonds. The van der Waals surface area contributed by atoms with E-state index in [-0.39, 0.29) is 0 Å². The molecule has 0 radical (unpaired) electrons. The van der Waals surface area contributed by atoms with Crippen LogP contribution >= 0.6 is 0 Å². The van der Waals surface area contributed by atoms with Crippen LogP contribution in [0.25, 0.3) is 22.6 Å². The second-order valence-electron chi connectivity index (χ2n) is 5.26. The zero-order chi connectivity index (χ0) is 13.6. The van der Waals surface area contributed by atoms with Crippen molar-refractivity contribution < 1.29 is 4.42 Å². The summed E-state index contributed by atoms with van der Waals surface area (Å²) in [5, 5.41) is 0. The van der Waals surface area contributed by atoms with Crippen molar-refractivity contribution in [2.24, 2.45) is 0 Å². The quantitative estimate of drug-likeness (QED) is 0.625. The normalized spacial score (nSPS) is 11.2. The molecule has 3 rings (SSSR count). The molecule has 0 aliphatic carbocycles. The Balaban J connectivity index is 2.24. The first-order valence-electron chi connectivity index (χ1n) is 6.50. The summed E-state index contributed by atoms with van der Waals surface area (Å²) in [5.41, 5.74) is 7.77. The zero-order valence-corrected chi connectivity index (χ0v) is 11.7. The van der Waals surface area contributed by atoms with Crippen molar-refractivity contribution in [3.05, 3.63) is 52.6 Å². The smallest absolute Gasteiger partial charge is 0.227 e. The Morgan fingerprint density at radius 1 is 0.842 bits per heavy atom. The van der Waals surface area contributed by atoms with E-state index in [0.29, 0.717) is 0 Å². The standard InChI is InChI=1S/C17H17NO/c1-10-5-6-15-14(9-10)18-17(19-15)16-12(3)7-11(2)8-13(16)4/h5-9H,1-4H3. The molecule has 96 valence electrons. The lowest BCUT2D eigenvalue weighted by molar-refractivity contribution is 0.618. The minimum Gasteiger partial charge on any atom is -0.436 e. The fourth-order valence-corrected chi connectivity index (χ4v) is 2.66. The summed E-state index contributed by atoms with van der Waals surface area (Å²) in [6.45, 7) is 8.39. The van der Waals surface area contributed by atoms with Gasteiger partial charge in [-0.05, 0) is 56.5 Å². The molecule has 0 atom stereocenters. The number of aryl methyl sites for hydroxylation is 4. The van der Waals surface area contributed by atoms with Gasteiger partial charge in [0.15, 0.2) is 5.58 Å². The van der Waals surface area contributed by atoms with Gasteiger partial charge in [0.2, 0.25) is 5.89 Å². The fourth-order valence-electron chi connectivity index (χ4n) is 2.66. The van der Waals surface area contributed by atoms with Crippen LogP contribution in [0.5, 0.6) is 0 Å². The Morgan fingerprint density at radius 3 is 2.21 bits per heavy atom. The third kappa shape index (κ3) is 2.03. The number of aromatic nitrogens is 1. The molecule has 0 bridgehead atoms. The number of rotatable bonds is 1. The molecule has 2 aromatic carbocycles. The predicted octanol–water partition coefficient (Wildman–Crippen LogP) is 4.73. The van der Waals surface area contributed by atoms with Gasteiger partial charge in [-0.15, -0.1) is 0 Å². The Labute approximate surface area is 113 Å². The summed E-state index contributed by atoms with van der Waals surface area (Å²) >= 11 is 0. The summed E-state index contributed by atoms with van der Waals surface area (Å²) < 4.78 is 5.90. The molecule has 19 heavy (non-hydrogen) atoms. The Morgan fingerprint density at radius 2 is 1.53 bits per heavy atom. The number of hydrogen-bond donors (Lipinski definition) is 0. The second kappa shape index (κ2) is 4.23. The van der Waals surface area contributed by atoms with E-state index in [2.05, 4.69) is 50.9 Å². The largest absolute Gasteiger partial charge is 0.436 e. The maximum atomic E-state index is 5.90. The molecular weight excluding hydrogens is 234 g/mol. The van der Waals surface area contributed by atoms with Crippen molar-refractivity contribution in [3.63, 3.8) is 0 Å². The molecule has 0 aliphatic rings. The van der Waals surface area contributed by atoms with Gasteiger partial charge < -0.3 is 4.42 Å². The van der Waals surface area contributed by atoms with Gasteiger partial charge in [0, 0.05) is 5.56 Å². The van der Waals surface area contributed by atoms with Gasteiger partial charge >= 0.3 is 0 Å². The van der Waals surface area contributed by atoms with Crippen molar-refractivity contribution in [3.8, 4) is 11.5 Å². The summed E-state index contributed by atoms with van der Waals surface area (Å²) in [6.07, 6.45) is 0. The van der Waals surface area contributed by atoms with Crippen LogP contribution < -0.4 is 0 Å². The van der Waals surface area contributed by atoms with E-state index in [9.17, 15) is 0 Å². The Hall–Kier alpha value is -2.09. The van der Waals surface area contributed by atoms with Crippen molar-refractivity contribution in [1.82, 2.24) is 4.98 Å². The Kier molecular flexibility index (Phi) is 2.67. The molecule has 2 nitrogen and oxygen atoms in total. The van der Waals surface area contributed by atoms with Crippen LogP contribution in [0.15, 0.2) is 34.7 Å². The van der Waals surface area contributed by atoms with E-state index < -0.39 is 0 Å². The molecule has 1 aromatic heterocycles.